The number of rotatable bonds is 7. The van der Waals surface area contributed by atoms with E-state index in [0.29, 0.717) is 18.6 Å². The average molecular weight is 394 g/mol. The number of piperidine rings is 1. The minimum Gasteiger partial charge on any atom is -0.466 e. The zero-order valence-electron chi connectivity index (χ0n) is 17.7. The number of carbonyl (C=O) groups excluding carboxylic acids is 1. The Morgan fingerprint density at radius 1 is 1.37 bits per heavy atom. The maximum Gasteiger partial charge on any atom is 0.309 e. The maximum absolute atomic E-state index is 12.7. The van der Waals surface area contributed by atoms with Crippen LogP contribution in [0.4, 0.5) is 0 Å². The van der Waals surface area contributed by atoms with Crippen molar-refractivity contribution >= 4 is 14.3 Å². The van der Waals surface area contributed by atoms with Crippen LogP contribution in [-0.4, -0.2) is 55.8 Å². The monoisotopic (exact) mass is 393 g/mol. The van der Waals surface area contributed by atoms with E-state index in [1.165, 1.54) is 0 Å². The first-order valence-electron chi connectivity index (χ1n) is 10.7. The van der Waals surface area contributed by atoms with Crippen molar-refractivity contribution in [2.75, 3.05) is 13.2 Å². The molecule has 5 nitrogen and oxygen atoms in total. The van der Waals surface area contributed by atoms with Crippen LogP contribution in [0.3, 0.4) is 0 Å². The Morgan fingerprint density at radius 3 is 2.74 bits per heavy atom. The third-order valence-corrected chi connectivity index (χ3v) is 7.99. The van der Waals surface area contributed by atoms with E-state index in [1.807, 2.05) is 13.8 Å². The molecule has 8 atom stereocenters. The van der Waals surface area contributed by atoms with E-state index in [1.54, 1.807) is 0 Å². The van der Waals surface area contributed by atoms with Gasteiger partial charge in [-0.3, -0.25) is 9.69 Å². The first kappa shape index (κ1) is 19.6. The van der Waals surface area contributed by atoms with Gasteiger partial charge in [0.05, 0.1) is 24.2 Å². The lowest BCUT2D eigenvalue weighted by molar-refractivity contribution is -0.271. The largest absolute Gasteiger partial charge is 0.466 e. The normalized spacial score (nSPS) is 45.8. The topological polar surface area (TPSA) is 48.0 Å². The van der Waals surface area contributed by atoms with Crippen molar-refractivity contribution in [2.24, 2.45) is 17.8 Å². The molecule has 0 spiro atoms. The van der Waals surface area contributed by atoms with Crippen molar-refractivity contribution in [2.45, 2.75) is 83.1 Å². The summed E-state index contributed by atoms with van der Waals surface area (Å²) in [6.45, 7) is 14.3. The molecule has 5 aliphatic heterocycles. The Morgan fingerprint density at radius 2 is 2.11 bits per heavy atom. The molecule has 0 radical (unpaired) electrons. The van der Waals surface area contributed by atoms with E-state index >= 15 is 0 Å². The van der Waals surface area contributed by atoms with Gasteiger partial charge in [0.1, 0.15) is 0 Å². The summed E-state index contributed by atoms with van der Waals surface area (Å²) >= 11 is 0. The maximum atomic E-state index is 12.7. The van der Waals surface area contributed by atoms with E-state index in [0.717, 1.165) is 25.8 Å². The molecule has 152 valence electrons. The second-order valence-corrected chi connectivity index (χ2v) is 14.1. The molecule has 0 aromatic rings. The molecule has 0 N–H and O–H groups in total. The molecule has 0 aromatic heterocycles. The van der Waals surface area contributed by atoms with Gasteiger partial charge in [0.2, 0.25) is 0 Å². The van der Waals surface area contributed by atoms with Gasteiger partial charge in [-0.15, -0.1) is 0 Å². The Hall–Kier alpha value is -0.693. The highest BCUT2D eigenvalue weighted by Crippen LogP contribution is 2.69. The quantitative estimate of drug-likeness (QED) is 0.376. The predicted octanol–water partition coefficient (Wildman–Crippen LogP) is 3.56. The Labute approximate surface area is 164 Å². The van der Waals surface area contributed by atoms with Gasteiger partial charge in [0.25, 0.3) is 0 Å². The summed E-state index contributed by atoms with van der Waals surface area (Å²) in [5.74, 6) is -0.642. The average Bonchev–Trinajstić information content (AvgIpc) is 3.11. The highest BCUT2D eigenvalue weighted by atomic mass is 28.4. The fourth-order valence-electron chi connectivity index (χ4n) is 6.55. The summed E-state index contributed by atoms with van der Waals surface area (Å²) in [7, 11) is -1.88. The number of hydrogen-bond donors (Lipinski definition) is 0. The van der Waals surface area contributed by atoms with E-state index in [-0.39, 0.29) is 29.4 Å². The number of carbonyl (C=O) groups is 1. The van der Waals surface area contributed by atoms with Crippen LogP contribution >= 0.6 is 0 Å². The van der Waals surface area contributed by atoms with Gasteiger partial charge in [-0.1, -0.05) is 26.0 Å². The molecule has 6 heteroatoms. The molecule has 0 amide bonds. The lowest BCUT2D eigenvalue weighted by Gasteiger charge is -2.54. The van der Waals surface area contributed by atoms with Crippen molar-refractivity contribution in [3.05, 3.63) is 12.2 Å². The van der Waals surface area contributed by atoms with Gasteiger partial charge in [-0.05, 0) is 52.4 Å². The number of hydrogen-bond acceptors (Lipinski definition) is 5. The summed E-state index contributed by atoms with van der Waals surface area (Å²) in [6, 6.07) is 0.333. The van der Waals surface area contributed by atoms with Gasteiger partial charge in [0, 0.05) is 17.9 Å². The van der Waals surface area contributed by atoms with Crippen molar-refractivity contribution in [3.63, 3.8) is 0 Å². The minimum absolute atomic E-state index is 0.0365. The van der Waals surface area contributed by atoms with Crippen molar-refractivity contribution < 1.29 is 18.7 Å². The molecule has 1 unspecified atom stereocenters. The molecule has 5 saturated heterocycles. The molecular formula is C21H35NO4Si. The van der Waals surface area contributed by atoms with E-state index in [9.17, 15) is 4.79 Å². The summed E-state index contributed by atoms with van der Waals surface area (Å²) < 4.78 is 19.1. The van der Waals surface area contributed by atoms with Gasteiger partial charge in [0.15, 0.2) is 14.1 Å². The van der Waals surface area contributed by atoms with Crippen LogP contribution in [0.2, 0.25) is 19.6 Å². The van der Waals surface area contributed by atoms with E-state index < -0.39 is 14.1 Å². The molecule has 5 heterocycles. The smallest absolute Gasteiger partial charge is 0.309 e. The number of allylic oxidation sites excluding steroid dienone is 1. The summed E-state index contributed by atoms with van der Waals surface area (Å²) in [4.78, 5) is 15.4. The molecule has 27 heavy (non-hydrogen) atoms. The number of ether oxygens (including phenoxy) is 2. The first-order chi connectivity index (χ1) is 12.7. The Balaban J connectivity index is 1.79. The van der Waals surface area contributed by atoms with Gasteiger partial charge < -0.3 is 13.9 Å². The van der Waals surface area contributed by atoms with Crippen molar-refractivity contribution in [1.29, 1.82) is 0 Å². The summed E-state index contributed by atoms with van der Waals surface area (Å²) in [5.41, 5.74) is -0.0365. The third kappa shape index (κ3) is 2.56. The molecule has 0 saturated carbocycles. The van der Waals surface area contributed by atoms with Gasteiger partial charge >= 0.3 is 5.97 Å². The van der Waals surface area contributed by atoms with Crippen LogP contribution in [0.5, 0.6) is 0 Å². The van der Waals surface area contributed by atoms with Crippen LogP contribution < -0.4 is 0 Å². The van der Waals surface area contributed by atoms with E-state index in [2.05, 4.69) is 43.6 Å². The van der Waals surface area contributed by atoms with Crippen LogP contribution in [-0.2, 0) is 18.7 Å². The Bertz CT molecular complexity index is 647. The highest BCUT2D eigenvalue weighted by molar-refractivity contribution is 6.69. The lowest BCUT2D eigenvalue weighted by atomic mass is 9.69. The van der Waals surface area contributed by atoms with Crippen molar-refractivity contribution in [3.8, 4) is 0 Å². The lowest BCUT2D eigenvalue weighted by Crippen LogP contribution is -2.66. The van der Waals surface area contributed by atoms with Crippen LogP contribution in [0.25, 0.3) is 0 Å². The predicted molar refractivity (Wildman–Crippen MR) is 107 cm³/mol. The molecule has 6 bridgehead atoms. The van der Waals surface area contributed by atoms with Crippen LogP contribution in [0.15, 0.2) is 12.2 Å². The second-order valence-electron chi connectivity index (χ2n) is 9.64. The molecule has 0 aliphatic carbocycles. The molecule has 5 rings (SSSR count). The number of esters is 1. The fraction of sp³-hybridized carbons (Fsp3) is 0.857. The van der Waals surface area contributed by atoms with Crippen LogP contribution in [0.1, 0.15) is 40.0 Å². The first-order valence-corrected chi connectivity index (χ1v) is 14.1. The van der Waals surface area contributed by atoms with Gasteiger partial charge in [-0.2, -0.15) is 0 Å². The molecule has 5 fully saturated rings. The number of nitrogens with zero attached hydrogens (tertiary/aromatic N) is 1. The zero-order valence-corrected chi connectivity index (χ0v) is 18.7. The van der Waals surface area contributed by atoms with Crippen LogP contribution in [0, 0.1) is 17.8 Å². The SMILES string of the molecule is CC/C=C/[C@@]12[C@@H]3C[C@H]4[C@@H]([C@H](C)C(=O)OCC)[C@](O[Si](C)(C)C)(O3)[C@H]1CCN42. The highest BCUT2D eigenvalue weighted by Gasteiger charge is 2.81. The Kier molecular flexibility index (Phi) is 4.66. The third-order valence-electron chi connectivity index (χ3n) is 7.06. The minimum atomic E-state index is -1.88. The summed E-state index contributed by atoms with van der Waals surface area (Å²) in [6.07, 6.45) is 8.00. The summed E-state index contributed by atoms with van der Waals surface area (Å²) in [5, 5.41) is 0. The molecule has 5 aliphatic rings. The standard InChI is InChI=1S/C21H35NO4Si/c1-7-9-11-20-16-10-12-22(20)15-13-17(20)25-21(16,26-27(4,5)6)18(15)14(3)19(23)24-8-2/h9,11,14-18H,7-8,10,12-13H2,1-6H3/b11-9+/t14-,15-,16-,17-,18+,20-,21-/m0/s1. The van der Waals surface area contributed by atoms with E-state index in [4.69, 9.17) is 13.9 Å². The molecular weight excluding hydrogens is 358 g/mol. The fourth-order valence-corrected chi connectivity index (χ4v) is 7.83. The second kappa shape index (κ2) is 6.41. The van der Waals surface area contributed by atoms with Crippen molar-refractivity contribution in [1.82, 2.24) is 4.90 Å². The van der Waals surface area contributed by atoms with Gasteiger partial charge in [-0.25, -0.2) is 0 Å². The zero-order chi connectivity index (χ0) is 19.6. The molecule has 0 aromatic carbocycles.